The zero-order valence-electron chi connectivity index (χ0n) is 16.2. The van der Waals surface area contributed by atoms with E-state index in [1.54, 1.807) is 26.4 Å². The zero-order valence-corrected chi connectivity index (χ0v) is 16.2. The molecule has 146 valence electrons. The molecule has 0 aliphatic heterocycles. The minimum Gasteiger partial charge on any atom is -0.493 e. The van der Waals surface area contributed by atoms with Gasteiger partial charge in [-0.3, -0.25) is 4.79 Å². The van der Waals surface area contributed by atoms with Gasteiger partial charge in [0, 0.05) is 24.1 Å². The van der Waals surface area contributed by atoms with Gasteiger partial charge in [0.15, 0.2) is 11.5 Å². The van der Waals surface area contributed by atoms with Crippen molar-refractivity contribution in [3.8, 4) is 22.9 Å². The highest BCUT2D eigenvalue weighted by Gasteiger charge is 2.12. The van der Waals surface area contributed by atoms with Gasteiger partial charge in [-0.2, -0.15) is 4.98 Å². The molecule has 1 aromatic heterocycles. The summed E-state index contributed by atoms with van der Waals surface area (Å²) in [5.41, 5.74) is 2.68. The van der Waals surface area contributed by atoms with Crippen LogP contribution >= 0.6 is 0 Å². The summed E-state index contributed by atoms with van der Waals surface area (Å²) in [6.45, 7) is 1.99. The number of methoxy groups -OCH3 is 2. The number of ether oxygens (including phenoxy) is 2. The highest BCUT2D eigenvalue weighted by molar-refractivity contribution is 5.90. The van der Waals surface area contributed by atoms with E-state index in [1.165, 1.54) is 0 Å². The van der Waals surface area contributed by atoms with E-state index >= 15 is 0 Å². The van der Waals surface area contributed by atoms with Crippen molar-refractivity contribution in [1.82, 2.24) is 10.1 Å². The van der Waals surface area contributed by atoms with E-state index < -0.39 is 0 Å². The molecular formula is C21H23N3O4. The molecule has 0 radical (unpaired) electrons. The Morgan fingerprint density at radius 2 is 1.93 bits per heavy atom. The molecule has 0 atom stereocenters. The number of nitrogens with zero attached hydrogens (tertiary/aromatic N) is 2. The fourth-order valence-electron chi connectivity index (χ4n) is 2.80. The van der Waals surface area contributed by atoms with Crippen LogP contribution in [0.1, 0.15) is 24.3 Å². The number of hydrogen-bond donors (Lipinski definition) is 1. The first-order valence-electron chi connectivity index (χ1n) is 9.00. The topological polar surface area (TPSA) is 86.5 Å². The van der Waals surface area contributed by atoms with Gasteiger partial charge in [0.25, 0.3) is 0 Å². The van der Waals surface area contributed by atoms with Crippen molar-refractivity contribution < 1.29 is 18.8 Å². The first kappa shape index (κ1) is 19.4. The smallest absolute Gasteiger partial charge is 0.226 e. The SMILES string of the molecule is COc1ccc(-c2noc(CCCC(=O)Nc3cccc(C)c3)n2)cc1OC. The zero-order chi connectivity index (χ0) is 19.9. The number of amides is 1. The number of aryl methyl sites for hydroxylation is 2. The largest absolute Gasteiger partial charge is 0.493 e. The number of hydrogen-bond acceptors (Lipinski definition) is 6. The molecule has 0 aliphatic rings. The van der Waals surface area contributed by atoms with Crippen LogP contribution in [0, 0.1) is 6.92 Å². The van der Waals surface area contributed by atoms with Crippen molar-refractivity contribution in [2.45, 2.75) is 26.2 Å². The number of rotatable bonds is 8. The molecule has 28 heavy (non-hydrogen) atoms. The Morgan fingerprint density at radius 3 is 2.68 bits per heavy atom. The molecule has 0 saturated heterocycles. The quantitative estimate of drug-likeness (QED) is 0.634. The van der Waals surface area contributed by atoms with Crippen LogP contribution in [0.3, 0.4) is 0 Å². The van der Waals surface area contributed by atoms with Gasteiger partial charge in [-0.15, -0.1) is 0 Å². The van der Waals surface area contributed by atoms with Crippen molar-refractivity contribution in [1.29, 1.82) is 0 Å². The van der Waals surface area contributed by atoms with Crippen molar-refractivity contribution in [3.05, 3.63) is 53.9 Å². The summed E-state index contributed by atoms with van der Waals surface area (Å²) >= 11 is 0. The summed E-state index contributed by atoms with van der Waals surface area (Å²) in [5, 5.41) is 6.90. The van der Waals surface area contributed by atoms with E-state index in [0.717, 1.165) is 16.8 Å². The molecule has 1 amide bonds. The number of carbonyl (C=O) groups is 1. The van der Waals surface area contributed by atoms with E-state index in [1.807, 2.05) is 37.3 Å². The number of nitrogens with one attached hydrogen (secondary N) is 1. The number of anilines is 1. The summed E-state index contributed by atoms with van der Waals surface area (Å²) in [4.78, 5) is 16.5. The van der Waals surface area contributed by atoms with Gasteiger partial charge in [-0.05, 0) is 49.2 Å². The lowest BCUT2D eigenvalue weighted by atomic mass is 10.2. The van der Waals surface area contributed by atoms with E-state index in [2.05, 4.69) is 15.5 Å². The molecule has 1 heterocycles. The first-order valence-corrected chi connectivity index (χ1v) is 9.00. The average Bonchev–Trinajstić information content (AvgIpc) is 3.16. The van der Waals surface area contributed by atoms with Gasteiger partial charge in [0.1, 0.15) is 0 Å². The van der Waals surface area contributed by atoms with Crippen LogP contribution in [0.2, 0.25) is 0 Å². The van der Waals surface area contributed by atoms with Crippen LogP contribution in [0.5, 0.6) is 11.5 Å². The Labute approximate surface area is 163 Å². The third kappa shape index (κ3) is 4.88. The molecule has 1 N–H and O–H groups in total. The van der Waals surface area contributed by atoms with E-state index in [9.17, 15) is 4.79 Å². The molecule has 7 nitrogen and oxygen atoms in total. The normalized spacial score (nSPS) is 10.5. The lowest BCUT2D eigenvalue weighted by Gasteiger charge is -2.07. The Hall–Kier alpha value is -3.35. The lowest BCUT2D eigenvalue weighted by Crippen LogP contribution is -2.11. The third-order valence-electron chi connectivity index (χ3n) is 4.21. The van der Waals surface area contributed by atoms with Crippen LogP contribution < -0.4 is 14.8 Å². The molecule has 7 heteroatoms. The van der Waals surface area contributed by atoms with Crippen LogP contribution in [-0.4, -0.2) is 30.3 Å². The fraction of sp³-hybridized carbons (Fsp3) is 0.286. The Balaban J connectivity index is 1.54. The van der Waals surface area contributed by atoms with Crippen LogP contribution in [0.25, 0.3) is 11.4 Å². The molecule has 0 aliphatic carbocycles. The van der Waals surface area contributed by atoms with Gasteiger partial charge in [0.05, 0.1) is 14.2 Å². The Bertz CT molecular complexity index is 952. The molecule has 0 saturated carbocycles. The van der Waals surface area contributed by atoms with Crippen LogP contribution in [0.15, 0.2) is 47.0 Å². The van der Waals surface area contributed by atoms with Crippen LogP contribution in [-0.2, 0) is 11.2 Å². The van der Waals surface area contributed by atoms with Crippen molar-refractivity contribution in [3.63, 3.8) is 0 Å². The minimum absolute atomic E-state index is 0.0368. The molecule has 0 unspecified atom stereocenters. The minimum atomic E-state index is -0.0368. The summed E-state index contributed by atoms with van der Waals surface area (Å²) in [5.74, 6) is 2.16. The van der Waals surface area contributed by atoms with Gasteiger partial charge in [-0.1, -0.05) is 17.3 Å². The fourth-order valence-corrected chi connectivity index (χ4v) is 2.80. The van der Waals surface area contributed by atoms with Gasteiger partial charge in [-0.25, -0.2) is 0 Å². The van der Waals surface area contributed by atoms with E-state index in [-0.39, 0.29) is 5.91 Å². The maximum absolute atomic E-state index is 12.1. The van der Waals surface area contributed by atoms with Gasteiger partial charge >= 0.3 is 0 Å². The maximum atomic E-state index is 12.1. The molecule has 0 spiro atoms. The molecule has 3 rings (SSSR count). The first-order chi connectivity index (χ1) is 13.6. The maximum Gasteiger partial charge on any atom is 0.226 e. The standard InChI is InChI=1S/C21H23N3O4/c1-14-6-4-7-16(12-14)22-19(25)8-5-9-20-23-21(24-28-20)15-10-11-17(26-2)18(13-15)27-3/h4,6-7,10-13H,5,8-9H2,1-3H3,(H,22,25). The molecular weight excluding hydrogens is 358 g/mol. The lowest BCUT2D eigenvalue weighted by molar-refractivity contribution is -0.116. The number of carbonyl (C=O) groups excluding carboxylic acids is 1. The van der Waals surface area contributed by atoms with E-state index in [4.69, 9.17) is 14.0 Å². The van der Waals surface area contributed by atoms with Gasteiger partial charge < -0.3 is 19.3 Å². The molecule has 2 aromatic carbocycles. The summed E-state index contributed by atoms with van der Waals surface area (Å²) in [6, 6.07) is 13.1. The third-order valence-corrected chi connectivity index (χ3v) is 4.21. The highest BCUT2D eigenvalue weighted by atomic mass is 16.5. The summed E-state index contributed by atoms with van der Waals surface area (Å²) in [6.07, 6.45) is 1.52. The second-order valence-corrected chi connectivity index (χ2v) is 6.35. The van der Waals surface area contributed by atoms with Crippen molar-refractivity contribution in [2.75, 3.05) is 19.5 Å². The Morgan fingerprint density at radius 1 is 1.11 bits per heavy atom. The highest BCUT2D eigenvalue weighted by Crippen LogP contribution is 2.31. The van der Waals surface area contributed by atoms with E-state index in [0.29, 0.717) is 42.5 Å². The van der Waals surface area contributed by atoms with Crippen molar-refractivity contribution in [2.24, 2.45) is 0 Å². The second kappa shape index (κ2) is 9.03. The molecule has 0 fully saturated rings. The summed E-state index contributed by atoms with van der Waals surface area (Å²) < 4.78 is 15.8. The Kier molecular flexibility index (Phi) is 6.26. The average molecular weight is 381 g/mol. The summed E-state index contributed by atoms with van der Waals surface area (Å²) in [7, 11) is 3.16. The predicted octanol–water partition coefficient (Wildman–Crippen LogP) is 4.02. The predicted molar refractivity (Wildman–Crippen MR) is 106 cm³/mol. The monoisotopic (exact) mass is 381 g/mol. The number of aromatic nitrogens is 2. The molecule has 3 aromatic rings. The second-order valence-electron chi connectivity index (χ2n) is 6.35. The van der Waals surface area contributed by atoms with Crippen molar-refractivity contribution >= 4 is 11.6 Å². The van der Waals surface area contributed by atoms with Crippen LogP contribution in [0.4, 0.5) is 5.69 Å². The van der Waals surface area contributed by atoms with Gasteiger partial charge in [0.2, 0.25) is 17.6 Å². The number of benzene rings is 2. The molecule has 0 bridgehead atoms.